The Kier molecular flexibility index (Phi) is 4.06. The number of nitrogens with zero attached hydrogens (tertiary/aromatic N) is 2. The van der Waals surface area contributed by atoms with Gasteiger partial charge in [-0.25, -0.2) is 13.6 Å². The molecule has 0 aromatic carbocycles. The number of halogens is 2. The molecule has 2 N–H and O–H groups in total. The third-order valence-electron chi connectivity index (χ3n) is 4.72. The lowest BCUT2D eigenvalue weighted by atomic mass is 9.78. The lowest BCUT2D eigenvalue weighted by Gasteiger charge is -2.34. The van der Waals surface area contributed by atoms with Crippen LogP contribution in [-0.4, -0.2) is 33.0 Å². The molecule has 0 bridgehead atoms. The maximum absolute atomic E-state index is 12.8. The fraction of sp³-hybridized carbons (Fsp3) is 0.750. The summed E-state index contributed by atoms with van der Waals surface area (Å²) in [6.45, 7) is 3.30. The molecule has 2 aliphatic carbocycles. The molecule has 2 aliphatic rings. The van der Waals surface area contributed by atoms with E-state index in [0.29, 0.717) is 11.5 Å². The first-order valence-corrected chi connectivity index (χ1v) is 8.22. The van der Waals surface area contributed by atoms with Gasteiger partial charge in [0.1, 0.15) is 17.5 Å². The summed E-state index contributed by atoms with van der Waals surface area (Å²) in [4.78, 5) is 12.0. The van der Waals surface area contributed by atoms with Crippen molar-refractivity contribution in [2.24, 2.45) is 7.05 Å². The van der Waals surface area contributed by atoms with Crippen LogP contribution in [0.1, 0.15) is 63.1 Å². The van der Waals surface area contributed by atoms with Crippen molar-refractivity contribution in [3.05, 3.63) is 11.3 Å². The zero-order valence-corrected chi connectivity index (χ0v) is 14.1. The highest BCUT2D eigenvalue weighted by Crippen LogP contribution is 2.44. The molecule has 0 radical (unpaired) electrons. The molecule has 134 valence electrons. The number of rotatable bonds is 4. The van der Waals surface area contributed by atoms with Crippen LogP contribution in [0.5, 0.6) is 0 Å². The van der Waals surface area contributed by atoms with Gasteiger partial charge in [0.05, 0.1) is 5.69 Å². The lowest BCUT2D eigenvalue weighted by Crippen LogP contribution is -2.43. The van der Waals surface area contributed by atoms with Crippen molar-refractivity contribution in [2.75, 3.05) is 5.32 Å². The van der Waals surface area contributed by atoms with Gasteiger partial charge in [0.25, 0.3) is 5.92 Å². The monoisotopic (exact) mass is 343 g/mol. The Morgan fingerprint density at radius 1 is 1.42 bits per heavy atom. The van der Waals surface area contributed by atoms with Gasteiger partial charge in [-0.1, -0.05) is 6.42 Å². The van der Waals surface area contributed by atoms with E-state index in [1.54, 1.807) is 20.9 Å². The van der Waals surface area contributed by atoms with E-state index in [9.17, 15) is 18.7 Å². The summed E-state index contributed by atoms with van der Waals surface area (Å²) in [6, 6.07) is 0. The molecule has 0 aliphatic heterocycles. The van der Waals surface area contributed by atoms with E-state index in [4.69, 9.17) is 4.74 Å². The Morgan fingerprint density at radius 2 is 2.04 bits per heavy atom. The molecule has 0 saturated heterocycles. The zero-order chi connectivity index (χ0) is 17.7. The molecule has 2 saturated carbocycles. The first-order valence-electron chi connectivity index (χ1n) is 8.22. The Bertz CT molecular complexity index is 640. The second kappa shape index (κ2) is 5.68. The van der Waals surface area contributed by atoms with Crippen LogP contribution in [-0.2, 0) is 17.4 Å². The van der Waals surface area contributed by atoms with E-state index in [-0.39, 0.29) is 5.92 Å². The van der Waals surface area contributed by atoms with Crippen molar-refractivity contribution in [2.45, 2.75) is 69.5 Å². The number of carbonyl (C=O) groups is 1. The molecule has 3 rings (SSSR count). The predicted molar refractivity (Wildman–Crippen MR) is 83.1 cm³/mol. The highest BCUT2D eigenvalue weighted by atomic mass is 19.3. The predicted octanol–water partition coefficient (Wildman–Crippen LogP) is 3.26. The SMILES string of the molecule is Cn1nc(C(C)(C)O)c(C2CCC2)c1NC(=O)OC1CC(F)(F)C1. The molecule has 0 unspecified atom stereocenters. The lowest BCUT2D eigenvalue weighted by molar-refractivity contribution is -0.142. The molecule has 0 spiro atoms. The fourth-order valence-corrected chi connectivity index (χ4v) is 3.19. The average Bonchev–Trinajstić information content (AvgIpc) is 2.63. The number of alkyl halides is 2. The Morgan fingerprint density at radius 3 is 2.50 bits per heavy atom. The highest BCUT2D eigenvalue weighted by molar-refractivity contribution is 5.85. The van der Waals surface area contributed by atoms with Crippen molar-refractivity contribution >= 4 is 11.9 Å². The molecule has 6 nitrogen and oxygen atoms in total. The van der Waals surface area contributed by atoms with Crippen LogP contribution in [0.3, 0.4) is 0 Å². The normalized spacial score (nSPS) is 21.1. The number of amides is 1. The standard InChI is InChI=1S/C16H23F2N3O3/c1-15(2,23)12-11(9-5-4-6-9)13(21(3)20-12)19-14(22)24-10-7-16(17,18)8-10/h9-10,23H,4-8H2,1-3H3,(H,19,22). The third kappa shape index (κ3) is 3.24. The van der Waals surface area contributed by atoms with Crippen LogP contribution in [0.2, 0.25) is 0 Å². The first kappa shape index (κ1) is 17.1. The van der Waals surface area contributed by atoms with E-state index in [0.717, 1.165) is 24.8 Å². The van der Waals surface area contributed by atoms with Crippen molar-refractivity contribution < 1.29 is 23.4 Å². The number of nitrogens with one attached hydrogen (secondary N) is 1. The molecular weight excluding hydrogens is 320 g/mol. The van der Waals surface area contributed by atoms with E-state index in [1.807, 2.05) is 0 Å². The second-order valence-corrected chi connectivity index (χ2v) is 7.34. The number of aliphatic hydroxyl groups is 1. The van der Waals surface area contributed by atoms with Gasteiger partial charge >= 0.3 is 6.09 Å². The van der Waals surface area contributed by atoms with Gasteiger partial charge in [0.15, 0.2) is 0 Å². The van der Waals surface area contributed by atoms with Crippen LogP contribution >= 0.6 is 0 Å². The summed E-state index contributed by atoms with van der Waals surface area (Å²) in [6.07, 6.45) is 0.634. The number of aromatic nitrogens is 2. The summed E-state index contributed by atoms with van der Waals surface area (Å²) in [5.41, 5.74) is 0.204. The smallest absolute Gasteiger partial charge is 0.413 e. The fourth-order valence-electron chi connectivity index (χ4n) is 3.19. The first-order chi connectivity index (χ1) is 11.1. The van der Waals surface area contributed by atoms with Crippen molar-refractivity contribution in [3.8, 4) is 0 Å². The Labute approximate surface area is 139 Å². The maximum Gasteiger partial charge on any atom is 0.413 e. The van der Waals surface area contributed by atoms with Crippen LogP contribution in [0, 0.1) is 0 Å². The molecule has 1 aromatic rings. The van der Waals surface area contributed by atoms with Gasteiger partial charge in [-0.3, -0.25) is 10.00 Å². The number of aryl methyl sites for hydroxylation is 1. The van der Waals surface area contributed by atoms with E-state index in [2.05, 4.69) is 10.4 Å². The van der Waals surface area contributed by atoms with E-state index < -0.39 is 36.6 Å². The van der Waals surface area contributed by atoms with Gasteiger partial charge in [-0.15, -0.1) is 0 Å². The minimum Gasteiger partial charge on any atom is -0.445 e. The highest BCUT2D eigenvalue weighted by Gasteiger charge is 2.47. The van der Waals surface area contributed by atoms with Gasteiger partial charge in [-0.2, -0.15) is 5.10 Å². The quantitative estimate of drug-likeness (QED) is 0.880. The molecule has 24 heavy (non-hydrogen) atoms. The molecule has 0 atom stereocenters. The number of carbonyl (C=O) groups excluding carboxylic acids is 1. The topological polar surface area (TPSA) is 76.4 Å². The maximum atomic E-state index is 12.8. The second-order valence-electron chi connectivity index (χ2n) is 7.34. The molecular formula is C16H23F2N3O3. The average molecular weight is 343 g/mol. The largest absolute Gasteiger partial charge is 0.445 e. The molecule has 1 amide bonds. The number of anilines is 1. The van der Waals surface area contributed by atoms with Gasteiger partial charge in [0.2, 0.25) is 0 Å². The van der Waals surface area contributed by atoms with Crippen LogP contribution < -0.4 is 5.32 Å². The Hall–Kier alpha value is -1.70. The summed E-state index contributed by atoms with van der Waals surface area (Å²) >= 11 is 0. The van der Waals surface area contributed by atoms with Crippen molar-refractivity contribution in [1.82, 2.24) is 9.78 Å². The minimum atomic E-state index is -2.73. The molecule has 8 heteroatoms. The van der Waals surface area contributed by atoms with Crippen LogP contribution in [0.25, 0.3) is 0 Å². The van der Waals surface area contributed by atoms with Crippen molar-refractivity contribution in [3.63, 3.8) is 0 Å². The molecule has 2 fully saturated rings. The van der Waals surface area contributed by atoms with Crippen LogP contribution in [0.4, 0.5) is 19.4 Å². The zero-order valence-electron chi connectivity index (χ0n) is 14.1. The number of ether oxygens (including phenoxy) is 1. The minimum absolute atomic E-state index is 0.225. The third-order valence-corrected chi connectivity index (χ3v) is 4.72. The van der Waals surface area contributed by atoms with Gasteiger partial charge in [0, 0.05) is 25.5 Å². The summed E-state index contributed by atoms with van der Waals surface area (Å²) in [7, 11) is 1.67. The van der Waals surface area contributed by atoms with E-state index in [1.165, 1.54) is 4.68 Å². The number of hydrogen-bond acceptors (Lipinski definition) is 4. The molecule has 1 aromatic heterocycles. The van der Waals surface area contributed by atoms with Crippen molar-refractivity contribution in [1.29, 1.82) is 0 Å². The number of hydrogen-bond donors (Lipinski definition) is 2. The van der Waals surface area contributed by atoms with E-state index >= 15 is 0 Å². The summed E-state index contributed by atoms with van der Waals surface area (Å²) in [5.74, 6) is -2.04. The Balaban J connectivity index is 1.77. The summed E-state index contributed by atoms with van der Waals surface area (Å²) < 4.78 is 32.2. The van der Waals surface area contributed by atoms with Gasteiger partial charge in [-0.05, 0) is 32.6 Å². The van der Waals surface area contributed by atoms with Crippen LogP contribution in [0.15, 0.2) is 0 Å². The summed E-state index contributed by atoms with van der Waals surface area (Å²) in [5, 5.41) is 17.3. The molecule has 1 heterocycles. The van der Waals surface area contributed by atoms with Gasteiger partial charge < -0.3 is 9.84 Å².